The molecule has 0 bridgehead atoms. The Morgan fingerprint density at radius 3 is 2.67 bits per heavy atom. The van der Waals surface area contributed by atoms with Gasteiger partial charge in [-0.2, -0.15) is 0 Å². The van der Waals surface area contributed by atoms with Gasteiger partial charge in [-0.15, -0.1) is 0 Å². The zero-order chi connectivity index (χ0) is 16.7. The first kappa shape index (κ1) is 15.7. The first-order valence-corrected chi connectivity index (χ1v) is 9.08. The van der Waals surface area contributed by atoms with E-state index in [-0.39, 0.29) is 0 Å². The van der Waals surface area contributed by atoms with E-state index in [9.17, 15) is 0 Å². The van der Waals surface area contributed by atoms with Gasteiger partial charge in [0.1, 0.15) is 0 Å². The van der Waals surface area contributed by atoms with Gasteiger partial charge in [0.15, 0.2) is 0 Å². The van der Waals surface area contributed by atoms with Gasteiger partial charge >= 0.3 is 0 Å². The van der Waals surface area contributed by atoms with Gasteiger partial charge in [0, 0.05) is 36.6 Å². The molecule has 2 heterocycles. The van der Waals surface area contributed by atoms with Crippen molar-refractivity contribution in [2.24, 2.45) is 0 Å². The molecule has 0 saturated heterocycles. The van der Waals surface area contributed by atoms with Gasteiger partial charge in [0.05, 0.1) is 10.5 Å². The van der Waals surface area contributed by atoms with Gasteiger partial charge in [-0.3, -0.25) is 4.90 Å². The number of benzene rings is 2. The number of hydrogen-bond acceptors (Lipinski definition) is 1. The van der Waals surface area contributed by atoms with Gasteiger partial charge in [0.2, 0.25) is 0 Å². The van der Waals surface area contributed by atoms with Crippen molar-refractivity contribution in [3.63, 3.8) is 0 Å². The van der Waals surface area contributed by atoms with Crippen LogP contribution in [0.4, 0.5) is 0 Å². The number of rotatable bonds is 3. The summed E-state index contributed by atoms with van der Waals surface area (Å²) in [5, 5.41) is 2.19. The Balaban J connectivity index is 1.82. The van der Waals surface area contributed by atoms with Crippen molar-refractivity contribution in [3.8, 4) is 0 Å². The SMILES string of the molecule is CC1c2c(n(CCc3ccccc3)c3c(Cl)cccc23)CCN1C. The fraction of sp³-hybridized carbons (Fsp3) is 0.333. The molecular formula is C21H23ClN2. The van der Waals surface area contributed by atoms with E-state index in [0.29, 0.717) is 6.04 Å². The summed E-state index contributed by atoms with van der Waals surface area (Å²) in [5.74, 6) is 0. The summed E-state index contributed by atoms with van der Waals surface area (Å²) >= 11 is 6.61. The summed E-state index contributed by atoms with van der Waals surface area (Å²) in [6.07, 6.45) is 2.13. The Bertz CT molecular complexity index is 866. The molecular weight excluding hydrogens is 316 g/mol. The Kier molecular flexibility index (Phi) is 4.11. The highest BCUT2D eigenvalue weighted by Crippen LogP contribution is 2.39. The zero-order valence-corrected chi connectivity index (χ0v) is 15.1. The first-order chi connectivity index (χ1) is 11.7. The highest BCUT2D eigenvalue weighted by molar-refractivity contribution is 6.35. The molecule has 0 N–H and O–H groups in total. The van der Waals surface area contributed by atoms with Gasteiger partial charge in [-0.05, 0) is 37.6 Å². The number of para-hydroxylation sites is 1. The molecule has 0 amide bonds. The fourth-order valence-electron chi connectivity index (χ4n) is 4.01. The maximum atomic E-state index is 6.61. The van der Waals surface area contributed by atoms with Gasteiger partial charge in [-0.1, -0.05) is 54.1 Å². The molecule has 1 aliphatic heterocycles. The monoisotopic (exact) mass is 338 g/mol. The van der Waals surface area contributed by atoms with E-state index in [1.165, 1.54) is 27.7 Å². The van der Waals surface area contributed by atoms with E-state index in [4.69, 9.17) is 11.6 Å². The molecule has 24 heavy (non-hydrogen) atoms. The lowest BCUT2D eigenvalue weighted by Gasteiger charge is -2.31. The summed E-state index contributed by atoms with van der Waals surface area (Å²) < 4.78 is 2.48. The van der Waals surface area contributed by atoms with Crippen LogP contribution in [-0.2, 0) is 19.4 Å². The summed E-state index contributed by atoms with van der Waals surface area (Å²) in [6, 6.07) is 17.5. The van der Waals surface area contributed by atoms with Crippen molar-refractivity contribution in [2.45, 2.75) is 32.4 Å². The third-order valence-electron chi connectivity index (χ3n) is 5.43. The topological polar surface area (TPSA) is 8.17 Å². The average molecular weight is 339 g/mol. The lowest BCUT2D eigenvalue weighted by molar-refractivity contribution is 0.245. The molecule has 1 aliphatic rings. The highest BCUT2D eigenvalue weighted by Gasteiger charge is 2.28. The predicted molar refractivity (Wildman–Crippen MR) is 102 cm³/mol. The second kappa shape index (κ2) is 6.27. The van der Waals surface area contributed by atoms with Crippen molar-refractivity contribution in [1.29, 1.82) is 0 Å². The van der Waals surface area contributed by atoms with Crippen LogP contribution in [-0.4, -0.2) is 23.1 Å². The second-order valence-electron chi connectivity index (χ2n) is 6.79. The van der Waals surface area contributed by atoms with E-state index in [1.807, 2.05) is 6.07 Å². The van der Waals surface area contributed by atoms with Crippen LogP contribution in [0.1, 0.15) is 29.8 Å². The Labute approximate surface area is 148 Å². The molecule has 0 radical (unpaired) electrons. The van der Waals surface area contributed by atoms with Crippen LogP contribution in [0, 0.1) is 0 Å². The molecule has 1 unspecified atom stereocenters. The molecule has 0 fully saturated rings. The maximum Gasteiger partial charge on any atom is 0.0675 e. The van der Waals surface area contributed by atoms with Crippen LogP contribution in [0.15, 0.2) is 48.5 Å². The number of fused-ring (bicyclic) bond motifs is 3. The van der Waals surface area contributed by atoms with Crippen molar-refractivity contribution in [2.75, 3.05) is 13.6 Å². The quantitative estimate of drug-likeness (QED) is 0.646. The Hall–Kier alpha value is -1.77. The Morgan fingerprint density at radius 2 is 1.88 bits per heavy atom. The summed E-state index contributed by atoms with van der Waals surface area (Å²) in [6.45, 7) is 4.39. The van der Waals surface area contributed by atoms with Crippen LogP contribution in [0.5, 0.6) is 0 Å². The van der Waals surface area contributed by atoms with E-state index < -0.39 is 0 Å². The molecule has 4 rings (SSSR count). The highest BCUT2D eigenvalue weighted by atomic mass is 35.5. The molecule has 1 aromatic heterocycles. The Morgan fingerprint density at radius 1 is 1.08 bits per heavy atom. The molecule has 1 atom stereocenters. The average Bonchev–Trinajstić information content (AvgIpc) is 2.93. The van der Waals surface area contributed by atoms with Crippen molar-refractivity contribution >= 4 is 22.5 Å². The van der Waals surface area contributed by atoms with Crippen LogP contribution in [0.2, 0.25) is 5.02 Å². The summed E-state index contributed by atoms with van der Waals surface area (Å²) in [7, 11) is 2.21. The molecule has 3 aromatic rings. The first-order valence-electron chi connectivity index (χ1n) is 8.70. The normalized spacial score (nSPS) is 18.0. The predicted octanol–water partition coefficient (Wildman–Crippen LogP) is 5.09. The molecule has 3 heteroatoms. The van der Waals surface area contributed by atoms with Crippen LogP contribution >= 0.6 is 11.6 Å². The number of aromatic nitrogens is 1. The molecule has 124 valence electrons. The number of hydrogen-bond donors (Lipinski definition) is 0. The number of halogens is 1. The molecule has 0 spiro atoms. The lowest BCUT2D eigenvalue weighted by atomic mass is 9.97. The van der Waals surface area contributed by atoms with Gasteiger partial charge < -0.3 is 4.57 Å². The third-order valence-corrected chi connectivity index (χ3v) is 5.74. The van der Waals surface area contributed by atoms with E-state index in [2.05, 4.69) is 65.9 Å². The third kappa shape index (κ3) is 2.54. The van der Waals surface area contributed by atoms with Gasteiger partial charge in [0.25, 0.3) is 0 Å². The fourth-order valence-corrected chi connectivity index (χ4v) is 4.28. The number of likely N-dealkylation sites (N-methyl/N-ethyl adjacent to an activating group) is 1. The summed E-state index contributed by atoms with van der Waals surface area (Å²) in [4.78, 5) is 2.43. The lowest BCUT2D eigenvalue weighted by Crippen LogP contribution is -2.31. The zero-order valence-electron chi connectivity index (χ0n) is 14.3. The van der Waals surface area contributed by atoms with Crippen molar-refractivity contribution in [1.82, 2.24) is 9.47 Å². The van der Waals surface area contributed by atoms with Crippen LogP contribution < -0.4 is 0 Å². The van der Waals surface area contributed by atoms with Crippen molar-refractivity contribution in [3.05, 3.63) is 70.4 Å². The molecule has 0 saturated carbocycles. The largest absolute Gasteiger partial charge is 0.343 e. The minimum absolute atomic E-state index is 0.438. The standard InChI is InChI=1S/C21H23ClN2/c1-15-20-17-9-6-10-18(22)21(17)24(19(20)12-13-23(15)2)14-11-16-7-4-3-5-8-16/h3-10,15H,11-14H2,1-2H3. The van der Waals surface area contributed by atoms with E-state index in [1.54, 1.807) is 0 Å². The second-order valence-corrected chi connectivity index (χ2v) is 7.20. The molecule has 2 aromatic carbocycles. The minimum Gasteiger partial charge on any atom is -0.343 e. The maximum absolute atomic E-state index is 6.61. The number of aryl methyl sites for hydroxylation is 2. The van der Waals surface area contributed by atoms with Crippen molar-refractivity contribution < 1.29 is 0 Å². The van der Waals surface area contributed by atoms with Gasteiger partial charge in [-0.25, -0.2) is 0 Å². The van der Waals surface area contributed by atoms with Crippen LogP contribution in [0.3, 0.4) is 0 Å². The molecule has 2 nitrogen and oxygen atoms in total. The number of nitrogens with zero attached hydrogens (tertiary/aromatic N) is 2. The van der Waals surface area contributed by atoms with E-state index >= 15 is 0 Å². The van der Waals surface area contributed by atoms with E-state index in [0.717, 1.165) is 31.0 Å². The summed E-state index contributed by atoms with van der Waals surface area (Å²) in [5.41, 5.74) is 5.53. The minimum atomic E-state index is 0.438. The molecule has 0 aliphatic carbocycles. The smallest absolute Gasteiger partial charge is 0.0675 e. The van der Waals surface area contributed by atoms with Crippen LogP contribution in [0.25, 0.3) is 10.9 Å².